The third kappa shape index (κ3) is 3.82. The molecule has 1 aromatic carbocycles. The fourth-order valence-corrected chi connectivity index (χ4v) is 1.89. The fourth-order valence-electron chi connectivity index (χ4n) is 1.25. The molecule has 0 N–H and O–H groups in total. The maximum absolute atomic E-state index is 3.54. The third-order valence-corrected chi connectivity index (χ3v) is 3.94. The first-order valence-corrected chi connectivity index (χ1v) is 6.25. The van der Waals surface area contributed by atoms with Gasteiger partial charge in [0, 0.05) is 9.80 Å². The SMILES string of the molecule is CC(C)(CBr)Cc1cccc(Br)c1. The summed E-state index contributed by atoms with van der Waals surface area (Å²) >= 11 is 7.02. The van der Waals surface area contributed by atoms with Crippen LogP contribution in [0.3, 0.4) is 0 Å². The normalized spacial score (nSPS) is 11.7. The molecule has 0 aliphatic heterocycles. The molecule has 0 nitrogen and oxygen atoms in total. The van der Waals surface area contributed by atoms with Crippen molar-refractivity contribution in [3.05, 3.63) is 34.3 Å². The minimum atomic E-state index is 0.334. The van der Waals surface area contributed by atoms with Crippen molar-refractivity contribution in [1.29, 1.82) is 0 Å². The molecule has 0 radical (unpaired) electrons. The molecule has 0 fully saturated rings. The summed E-state index contributed by atoms with van der Waals surface area (Å²) < 4.78 is 1.16. The number of halogens is 2. The average molecular weight is 306 g/mol. The molecule has 0 saturated heterocycles. The minimum Gasteiger partial charge on any atom is -0.0922 e. The van der Waals surface area contributed by atoms with Crippen LogP contribution in [0.25, 0.3) is 0 Å². The zero-order valence-corrected chi connectivity index (χ0v) is 11.2. The summed E-state index contributed by atoms with van der Waals surface area (Å²) in [6.07, 6.45) is 1.11. The van der Waals surface area contributed by atoms with Gasteiger partial charge in [0.25, 0.3) is 0 Å². The number of alkyl halides is 1. The van der Waals surface area contributed by atoms with E-state index in [1.165, 1.54) is 5.56 Å². The van der Waals surface area contributed by atoms with Crippen LogP contribution in [0.2, 0.25) is 0 Å². The minimum absolute atomic E-state index is 0.334. The molecule has 72 valence electrons. The van der Waals surface area contributed by atoms with Gasteiger partial charge in [-0.2, -0.15) is 0 Å². The van der Waals surface area contributed by atoms with Gasteiger partial charge in [-0.25, -0.2) is 0 Å². The van der Waals surface area contributed by atoms with Crippen molar-refractivity contribution >= 4 is 31.9 Å². The van der Waals surface area contributed by atoms with Gasteiger partial charge >= 0.3 is 0 Å². The van der Waals surface area contributed by atoms with Crippen molar-refractivity contribution in [3.8, 4) is 0 Å². The molecule has 0 aliphatic rings. The Balaban J connectivity index is 2.74. The highest BCUT2D eigenvalue weighted by atomic mass is 79.9. The van der Waals surface area contributed by atoms with Crippen molar-refractivity contribution in [2.75, 3.05) is 5.33 Å². The van der Waals surface area contributed by atoms with E-state index >= 15 is 0 Å². The van der Waals surface area contributed by atoms with Gasteiger partial charge in [-0.3, -0.25) is 0 Å². The van der Waals surface area contributed by atoms with Gasteiger partial charge in [-0.05, 0) is 29.5 Å². The van der Waals surface area contributed by atoms with E-state index in [-0.39, 0.29) is 0 Å². The summed E-state index contributed by atoms with van der Waals surface area (Å²) in [4.78, 5) is 0. The van der Waals surface area contributed by atoms with Crippen LogP contribution in [0, 0.1) is 5.41 Å². The van der Waals surface area contributed by atoms with E-state index in [1.54, 1.807) is 0 Å². The van der Waals surface area contributed by atoms with Crippen LogP contribution in [0.1, 0.15) is 19.4 Å². The Morgan fingerprint density at radius 3 is 2.54 bits per heavy atom. The molecule has 0 atom stereocenters. The lowest BCUT2D eigenvalue weighted by atomic mass is 9.88. The predicted octanol–water partition coefficient (Wildman–Crippen LogP) is 4.41. The van der Waals surface area contributed by atoms with Crippen LogP contribution in [0.5, 0.6) is 0 Å². The van der Waals surface area contributed by atoms with Crippen molar-refractivity contribution in [2.24, 2.45) is 5.41 Å². The van der Waals surface area contributed by atoms with E-state index < -0.39 is 0 Å². The quantitative estimate of drug-likeness (QED) is 0.726. The van der Waals surface area contributed by atoms with E-state index in [0.717, 1.165) is 16.2 Å². The molecular weight excluding hydrogens is 292 g/mol. The molecule has 0 unspecified atom stereocenters. The van der Waals surface area contributed by atoms with Crippen molar-refractivity contribution in [1.82, 2.24) is 0 Å². The topological polar surface area (TPSA) is 0 Å². The second-order valence-electron chi connectivity index (χ2n) is 4.10. The lowest BCUT2D eigenvalue weighted by Crippen LogP contribution is -2.16. The van der Waals surface area contributed by atoms with E-state index in [2.05, 4.69) is 70.0 Å². The largest absolute Gasteiger partial charge is 0.0922 e. The molecule has 0 bridgehead atoms. The molecule has 0 aliphatic carbocycles. The molecule has 2 heteroatoms. The zero-order chi connectivity index (χ0) is 9.90. The first-order valence-electron chi connectivity index (χ1n) is 4.34. The number of rotatable bonds is 3. The molecule has 0 spiro atoms. The van der Waals surface area contributed by atoms with Crippen LogP contribution < -0.4 is 0 Å². The summed E-state index contributed by atoms with van der Waals surface area (Å²) in [5.41, 5.74) is 1.72. The Morgan fingerprint density at radius 2 is 2.00 bits per heavy atom. The molecule has 0 saturated carbocycles. The lowest BCUT2D eigenvalue weighted by molar-refractivity contribution is 0.425. The second kappa shape index (κ2) is 4.61. The van der Waals surface area contributed by atoms with Gasteiger partial charge < -0.3 is 0 Å². The van der Waals surface area contributed by atoms with Crippen LogP contribution in [0.15, 0.2) is 28.7 Å². The van der Waals surface area contributed by atoms with Crippen LogP contribution in [-0.2, 0) is 6.42 Å². The highest BCUT2D eigenvalue weighted by Gasteiger charge is 2.16. The number of benzene rings is 1. The standard InChI is InChI=1S/C11H14Br2/c1-11(2,8-12)7-9-4-3-5-10(13)6-9/h3-6H,7-8H2,1-2H3. The number of hydrogen-bond donors (Lipinski definition) is 0. The average Bonchev–Trinajstić information content (AvgIpc) is 2.03. The third-order valence-electron chi connectivity index (χ3n) is 1.93. The Kier molecular flexibility index (Phi) is 3.99. The molecule has 1 aromatic rings. The van der Waals surface area contributed by atoms with Gasteiger partial charge in [-0.15, -0.1) is 0 Å². The van der Waals surface area contributed by atoms with Gasteiger partial charge in [0.15, 0.2) is 0 Å². The Morgan fingerprint density at radius 1 is 1.31 bits per heavy atom. The maximum Gasteiger partial charge on any atom is 0.0177 e. The summed E-state index contributed by atoms with van der Waals surface area (Å²) in [6.45, 7) is 4.53. The molecule has 0 aromatic heterocycles. The van der Waals surface area contributed by atoms with Gasteiger partial charge in [0.05, 0.1) is 0 Å². The molecule has 0 heterocycles. The summed E-state index contributed by atoms with van der Waals surface area (Å²) in [5.74, 6) is 0. The molecule has 1 rings (SSSR count). The second-order valence-corrected chi connectivity index (χ2v) is 5.58. The van der Waals surface area contributed by atoms with Gasteiger partial charge in [-0.1, -0.05) is 57.8 Å². The Bertz CT molecular complexity index is 279. The smallest absolute Gasteiger partial charge is 0.0177 e. The Hall–Kier alpha value is 0.180. The summed E-state index contributed by atoms with van der Waals surface area (Å²) in [6, 6.07) is 8.51. The molecular formula is C11H14Br2. The fraction of sp³-hybridized carbons (Fsp3) is 0.455. The van der Waals surface area contributed by atoms with E-state index in [4.69, 9.17) is 0 Å². The summed E-state index contributed by atoms with van der Waals surface area (Å²) in [5, 5.41) is 1.03. The van der Waals surface area contributed by atoms with Crippen LogP contribution in [0.4, 0.5) is 0 Å². The Labute approximate surface area is 97.0 Å². The maximum atomic E-state index is 3.54. The first-order chi connectivity index (χ1) is 6.03. The van der Waals surface area contributed by atoms with Crippen molar-refractivity contribution in [3.63, 3.8) is 0 Å². The lowest BCUT2D eigenvalue weighted by Gasteiger charge is -2.21. The predicted molar refractivity (Wildman–Crippen MR) is 65.4 cm³/mol. The number of hydrogen-bond acceptors (Lipinski definition) is 0. The van der Waals surface area contributed by atoms with Crippen molar-refractivity contribution in [2.45, 2.75) is 20.3 Å². The van der Waals surface area contributed by atoms with E-state index in [9.17, 15) is 0 Å². The van der Waals surface area contributed by atoms with Gasteiger partial charge in [0.1, 0.15) is 0 Å². The van der Waals surface area contributed by atoms with Gasteiger partial charge in [0.2, 0.25) is 0 Å². The summed E-state index contributed by atoms with van der Waals surface area (Å²) in [7, 11) is 0. The monoisotopic (exact) mass is 304 g/mol. The highest BCUT2D eigenvalue weighted by molar-refractivity contribution is 9.10. The highest BCUT2D eigenvalue weighted by Crippen LogP contribution is 2.25. The first kappa shape index (κ1) is 11.3. The van der Waals surface area contributed by atoms with Crippen LogP contribution in [-0.4, -0.2) is 5.33 Å². The molecule has 13 heavy (non-hydrogen) atoms. The van der Waals surface area contributed by atoms with E-state index in [1.807, 2.05) is 0 Å². The van der Waals surface area contributed by atoms with E-state index in [0.29, 0.717) is 5.41 Å². The van der Waals surface area contributed by atoms with Crippen molar-refractivity contribution < 1.29 is 0 Å². The zero-order valence-electron chi connectivity index (χ0n) is 7.98. The molecule has 0 amide bonds. The van der Waals surface area contributed by atoms with Crippen LogP contribution >= 0.6 is 31.9 Å².